The lowest BCUT2D eigenvalue weighted by molar-refractivity contribution is -0.143. The number of carbonyl (C=O) groups is 1. The Labute approximate surface area is 113 Å². The predicted octanol–water partition coefficient (Wildman–Crippen LogP) is 1.84. The van der Waals surface area contributed by atoms with Gasteiger partial charge in [-0.25, -0.2) is 8.42 Å². The Hall–Kier alpha value is -1.40. The molecule has 5 nitrogen and oxygen atoms in total. The van der Waals surface area contributed by atoms with E-state index >= 15 is 0 Å². The summed E-state index contributed by atoms with van der Waals surface area (Å²) in [7, 11) is -3.85. The largest absolute Gasteiger partial charge is 0.480 e. The second-order valence-corrected chi connectivity index (χ2v) is 6.52. The van der Waals surface area contributed by atoms with E-state index < -0.39 is 21.5 Å². The summed E-state index contributed by atoms with van der Waals surface area (Å²) in [6.45, 7) is 6.53. The van der Waals surface area contributed by atoms with Gasteiger partial charge in [-0.05, 0) is 38.8 Å². The molecule has 1 atom stereocenters. The van der Waals surface area contributed by atoms with Crippen molar-refractivity contribution in [2.24, 2.45) is 0 Å². The molecule has 1 unspecified atom stereocenters. The van der Waals surface area contributed by atoms with E-state index in [1.807, 2.05) is 6.92 Å². The third kappa shape index (κ3) is 3.33. The number of sulfonamides is 1. The van der Waals surface area contributed by atoms with Crippen molar-refractivity contribution >= 4 is 16.0 Å². The van der Waals surface area contributed by atoms with E-state index in [-0.39, 0.29) is 11.3 Å². The molecule has 0 heterocycles. The summed E-state index contributed by atoms with van der Waals surface area (Å²) in [5.74, 6) is -1.19. The molecule has 1 aromatic rings. The van der Waals surface area contributed by atoms with Crippen LogP contribution in [-0.4, -0.2) is 25.0 Å². The fraction of sp³-hybridized carbons (Fsp3) is 0.462. The molecule has 0 radical (unpaired) electrons. The smallest absolute Gasteiger partial charge is 0.324 e. The van der Waals surface area contributed by atoms with Gasteiger partial charge in [-0.2, -0.15) is 4.72 Å². The number of hydrogen-bond acceptors (Lipinski definition) is 3. The number of benzene rings is 1. The zero-order valence-corrected chi connectivity index (χ0v) is 12.3. The molecular weight excluding hydrogens is 266 g/mol. The van der Waals surface area contributed by atoms with Gasteiger partial charge >= 0.3 is 5.97 Å². The summed E-state index contributed by atoms with van der Waals surface area (Å²) in [5.41, 5.74) is 0.0418. The van der Waals surface area contributed by atoms with Gasteiger partial charge in [-0.3, -0.25) is 4.79 Å². The van der Waals surface area contributed by atoms with Crippen molar-refractivity contribution in [2.75, 3.05) is 0 Å². The summed E-state index contributed by atoms with van der Waals surface area (Å²) in [5, 5.41) is 9.13. The molecule has 0 saturated heterocycles. The minimum Gasteiger partial charge on any atom is -0.480 e. The van der Waals surface area contributed by atoms with Crippen molar-refractivity contribution < 1.29 is 18.3 Å². The first-order valence-corrected chi connectivity index (χ1v) is 7.45. The summed E-state index contributed by atoms with van der Waals surface area (Å²) < 4.78 is 26.8. The first-order valence-electron chi connectivity index (χ1n) is 5.97. The second kappa shape index (κ2) is 5.30. The molecule has 0 aliphatic heterocycles. The molecule has 106 valence electrons. The lowest BCUT2D eigenvalue weighted by atomic mass is 10.0. The summed E-state index contributed by atoms with van der Waals surface area (Å²) in [4.78, 5) is 11.3. The molecule has 0 aromatic heterocycles. The van der Waals surface area contributed by atoms with E-state index in [9.17, 15) is 13.2 Å². The van der Waals surface area contributed by atoms with E-state index in [0.29, 0.717) is 5.56 Å². The molecule has 6 heteroatoms. The van der Waals surface area contributed by atoms with Crippen LogP contribution in [0.3, 0.4) is 0 Å². The van der Waals surface area contributed by atoms with Crippen LogP contribution in [0.25, 0.3) is 0 Å². The second-order valence-electron chi connectivity index (χ2n) is 4.87. The van der Waals surface area contributed by atoms with Crippen molar-refractivity contribution in [3.63, 3.8) is 0 Å². The maximum atomic E-state index is 12.3. The SMILES string of the molecule is CCC(C)(NS(=O)(=O)c1ccc(C)cc1C)C(=O)O. The molecule has 0 amide bonds. The van der Waals surface area contributed by atoms with Gasteiger partial charge in [0.05, 0.1) is 4.90 Å². The lowest BCUT2D eigenvalue weighted by Crippen LogP contribution is -2.51. The van der Waals surface area contributed by atoms with E-state index in [4.69, 9.17) is 5.11 Å². The summed E-state index contributed by atoms with van der Waals surface area (Å²) in [6, 6.07) is 4.93. The van der Waals surface area contributed by atoms with Gasteiger partial charge in [0.25, 0.3) is 0 Å². The monoisotopic (exact) mass is 285 g/mol. The van der Waals surface area contributed by atoms with Gasteiger partial charge in [0.1, 0.15) is 5.54 Å². The van der Waals surface area contributed by atoms with Gasteiger partial charge in [0, 0.05) is 0 Å². The van der Waals surface area contributed by atoms with Crippen molar-refractivity contribution in [1.29, 1.82) is 0 Å². The van der Waals surface area contributed by atoms with Gasteiger partial charge < -0.3 is 5.11 Å². The fourth-order valence-electron chi connectivity index (χ4n) is 1.72. The van der Waals surface area contributed by atoms with Crippen molar-refractivity contribution in [1.82, 2.24) is 4.72 Å². The standard InChI is InChI=1S/C13H19NO4S/c1-5-13(4,12(15)16)14-19(17,18)11-7-6-9(2)8-10(11)3/h6-8,14H,5H2,1-4H3,(H,15,16). The van der Waals surface area contributed by atoms with Gasteiger partial charge in [0.15, 0.2) is 0 Å². The maximum Gasteiger partial charge on any atom is 0.324 e. The zero-order chi connectivity index (χ0) is 14.8. The minimum absolute atomic E-state index is 0.110. The van der Waals surface area contributed by atoms with Crippen LogP contribution in [0.15, 0.2) is 23.1 Å². The fourth-order valence-corrected chi connectivity index (χ4v) is 3.38. The van der Waals surface area contributed by atoms with Crippen LogP contribution in [0.5, 0.6) is 0 Å². The van der Waals surface area contributed by atoms with Gasteiger partial charge in [-0.15, -0.1) is 0 Å². The van der Waals surface area contributed by atoms with E-state index in [0.717, 1.165) is 5.56 Å². The highest BCUT2D eigenvalue weighted by Crippen LogP contribution is 2.20. The van der Waals surface area contributed by atoms with E-state index in [2.05, 4.69) is 4.72 Å². The molecule has 0 bridgehead atoms. The Balaban J connectivity index is 3.22. The highest BCUT2D eigenvalue weighted by Gasteiger charge is 2.36. The van der Waals surface area contributed by atoms with Gasteiger partial charge in [-0.1, -0.05) is 24.6 Å². The maximum absolute atomic E-state index is 12.3. The molecule has 0 spiro atoms. The Bertz CT molecular complexity index is 595. The van der Waals surface area contributed by atoms with Crippen LogP contribution in [0, 0.1) is 13.8 Å². The summed E-state index contributed by atoms with van der Waals surface area (Å²) >= 11 is 0. The predicted molar refractivity (Wildman–Crippen MR) is 72.6 cm³/mol. The summed E-state index contributed by atoms with van der Waals surface area (Å²) in [6.07, 6.45) is 0.159. The first-order chi connectivity index (χ1) is 8.62. The van der Waals surface area contributed by atoms with E-state index in [1.54, 1.807) is 26.0 Å². The van der Waals surface area contributed by atoms with Gasteiger partial charge in [0.2, 0.25) is 10.0 Å². The topological polar surface area (TPSA) is 83.5 Å². The van der Waals surface area contributed by atoms with Crippen LogP contribution in [0.2, 0.25) is 0 Å². The van der Waals surface area contributed by atoms with Crippen molar-refractivity contribution in [2.45, 2.75) is 44.6 Å². The Morgan fingerprint density at radius 3 is 2.37 bits per heavy atom. The third-order valence-corrected chi connectivity index (χ3v) is 4.92. The number of rotatable bonds is 5. The average molecular weight is 285 g/mol. The van der Waals surface area contributed by atoms with Crippen LogP contribution >= 0.6 is 0 Å². The normalized spacial score (nSPS) is 14.9. The number of aliphatic carboxylic acids is 1. The highest BCUT2D eigenvalue weighted by atomic mass is 32.2. The van der Waals surface area contributed by atoms with Crippen molar-refractivity contribution in [3.8, 4) is 0 Å². The number of aryl methyl sites for hydroxylation is 2. The molecule has 1 aromatic carbocycles. The number of hydrogen-bond donors (Lipinski definition) is 2. The van der Waals surface area contributed by atoms with Crippen LogP contribution < -0.4 is 4.72 Å². The average Bonchev–Trinajstić information content (AvgIpc) is 2.27. The first kappa shape index (κ1) is 15.7. The Morgan fingerprint density at radius 1 is 1.37 bits per heavy atom. The number of carboxylic acids is 1. The minimum atomic E-state index is -3.85. The molecule has 19 heavy (non-hydrogen) atoms. The molecule has 2 N–H and O–H groups in total. The number of nitrogens with one attached hydrogen (secondary N) is 1. The quantitative estimate of drug-likeness (QED) is 0.864. The molecule has 1 rings (SSSR count). The zero-order valence-electron chi connectivity index (χ0n) is 11.5. The molecular formula is C13H19NO4S. The third-order valence-electron chi connectivity index (χ3n) is 3.16. The molecule has 0 aliphatic carbocycles. The van der Waals surface area contributed by atoms with Crippen LogP contribution in [-0.2, 0) is 14.8 Å². The van der Waals surface area contributed by atoms with Crippen molar-refractivity contribution in [3.05, 3.63) is 29.3 Å². The number of carboxylic acid groups (broad SMARTS) is 1. The highest BCUT2D eigenvalue weighted by molar-refractivity contribution is 7.89. The Kier molecular flexibility index (Phi) is 4.37. The van der Waals surface area contributed by atoms with Crippen LogP contribution in [0.4, 0.5) is 0 Å². The molecule has 0 aliphatic rings. The molecule has 0 fully saturated rings. The molecule has 0 saturated carbocycles. The van der Waals surface area contributed by atoms with Crippen LogP contribution in [0.1, 0.15) is 31.4 Å². The Morgan fingerprint density at radius 2 is 1.95 bits per heavy atom. The van der Waals surface area contributed by atoms with E-state index in [1.165, 1.54) is 13.0 Å². The lowest BCUT2D eigenvalue weighted by Gasteiger charge is -2.24.